The Morgan fingerprint density at radius 3 is 2.45 bits per heavy atom. The Bertz CT molecular complexity index is 1180. The number of hydrogen-bond donors (Lipinski definition) is 1. The highest BCUT2D eigenvalue weighted by atomic mass is 32.2. The van der Waals surface area contributed by atoms with Gasteiger partial charge in [-0.05, 0) is 67.6 Å². The first-order chi connectivity index (χ1) is 14.6. The summed E-state index contributed by atoms with van der Waals surface area (Å²) in [6.07, 6.45) is 0.250. The SMILES string of the molecule is Cc1cc(CC2(C)NC(=O)N(c3ccc(SC(F)(F)F)cc3)C2=O)c2ccccc2n1. The predicted octanol–water partition coefficient (Wildman–Crippen LogP) is 5.21. The number of aryl methyl sites for hydroxylation is 1. The van der Waals surface area contributed by atoms with Crippen LogP contribution in [0.2, 0.25) is 0 Å². The molecule has 1 unspecified atom stereocenters. The molecule has 31 heavy (non-hydrogen) atoms. The van der Waals surface area contributed by atoms with Gasteiger partial charge in [-0.2, -0.15) is 13.2 Å². The number of carbonyl (C=O) groups is 2. The van der Waals surface area contributed by atoms with Gasteiger partial charge in [-0.3, -0.25) is 9.78 Å². The minimum Gasteiger partial charge on any atom is -0.323 e. The zero-order chi connectivity index (χ0) is 22.4. The number of pyridine rings is 1. The zero-order valence-corrected chi connectivity index (χ0v) is 17.5. The van der Waals surface area contributed by atoms with E-state index >= 15 is 0 Å². The van der Waals surface area contributed by atoms with E-state index in [1.165, 1.54) is 24.3 Å². The van der Waals surface area contributed by atoms with Crippen LogP contribution >= 0.6 is 11.8 Å². The minimum absolute atomic E-state index is 0.0233. The van der Waals surface area contributed by atoms with E-state index in [0.29, 0.717) is 0 Å². The third kappa shape index (κ3) is 4.23. The number of para-hydroxylation sites is 1. The first kappa shape index (κ1) is 21.2. The van der Waals surface area contributed by atoms with E-state index in [1.807, 2.05) is 37.3 Å². The highest BCUT2D eigenvalue weighted by Crippen LogP contribution is 2.38. The van der Waals surface area contributed by atoms with Gasteiger partial charge in [0.1, 0.15) is 5.54 Å². The molecule has 0 aliphatic carbocycles. The molecule has 160 valence electrons. The van der Waals surface area contributed by atoms with Crippen molar-refractivity contribution in [3.8, 4) is 0 Å². The van der Waals surface area contributed by atoms with Crippen molar-refractivity contribution in [2.24, 2.45) is 0 Å². The molecule has 1 aliphatic heterocycles. The van der Waals surface area contributed by atoms with Crippen LogP contribution in [0.4, 0.5) is 23.7 Å². The normalized spacial score (nSPS) is 19.2. The quantitative estimate of drug-likeness (QED) is 0.442. The molecule has 0 saturated carbocycles. The Hall–Kier alpha value is -3.07. The van der Waals surface area contributed by atoms with Crippen LogP contribution in [0.5, 0.6) is 0 Å². The lowest BCUT2D eigenvalue weighted by atomic mass is 9.90. The summed E-state index contributed by atoms with van der Waals surface area (Å²) in [7, 11) is 0. The second-order valence-electron chi connectivity index (χ2n) is 7.56. The van der Waals surface area contributed by atoms with Crippen molar-refractivity contribution in [3.63, 3.8) is 0 Å². The van der Waals surface area contributed by atoms with Gasteiger partial charge in [-0.1, -0.05) is 18.2 Å². The van der Waals surface area contributed by atoms with E-state index in [-0.39, 0.29) is 28.8 Å². The molecule has 1 aliphatic rings. The van der Waals surface area contributed by atoms with Crippen molar-refractivity contribution >= 4 is 40.3 Å². The molecule has 3 aromatic rings. The molecule has 3 amide bonds. The fourth-order valence-corrected chi connectivity index (χ4v) is 4.30. The molecule has 4 rings (SSSR count). The molecule has 1 atom stereocenters. The standard InChI is InChI=1S/C22H18F3N3O2S/c1-13-11-14(17-5-3-4-6-18(17)26-13)12-21(2)19(29)28(20(30)27-21)15-7-9-16(10-8-15)31-22(23,24)25/h3-11H,12H2,1-2H3,(H,27,30). The van der Waals surface area contributed by atoms with Crippen LogP contribution in [0, 0.1) is 6.92 Å². The number of nitrogens with one attached hydrogen (secondary N) is 1. The number of carbonyl (C=O) groups excluding carboxylic acids is 2. The van der Waals surface area contributed by atoms with Gasteiger partial charge in [0.15, 0.2) is 0 Å². The molecule has 0 radical (unpaired) electrons. The van der Waals surface area contributed by atoms with Gasteiger partial charge >= 0.3 is 11.5 Å². The molecule has 9 heteroatoms. The number of urea groups is 1. The number of amides is 3. The number of benzene rings is 2. The predicted molar refractivity (Wildman–Crippen MR) is 113 cm³/mol. The molecule has 2 aromatic carbocycles. The van der Waals surface area contributed by atoms with Gasteiger partial charge in [-0.25, -0.2) is 9.69 Å². The number of aromatic nitrogens is 1. The van der Waals surface area contributed by atoms with E-state index < -0.39 is 23.0 Å². The third-order valence-corrected chi connectivity index (χ3v) is 5.80. The maximum atomic E-state index is 13.2. The maximum absolute atomic E-state index is 13.2. The molecule has 0 spiro atoms. The molecular weight excluding hydrogens is 427 g/mol. The summed E-state index contributed by atoms with van der Waals surface area (Å²) in [6, 6.07) is 14.0. The summed E-state index contributed by atoms with van der Waals surface area (Å²) in [5, 5.41) is 3.64. The zero-order valence-electron chi connectivity index (χ0n) is 16.7. The Kier molecular flexibility index (Phi) is 5.17. The maximum Gasteiger partial charge on any atom is 0.446 e. The summed E-state index contributed by atoms with van der Waals surface area (Å²) < 4.78 is 37.6. The van der Waals surface area contributed by atoms with Crippen LogP contribution in [-0.4, -0.2) is 28.0 Å². The second-order valence-corrected chi connectivity index (χ2v) is 8.70. The lowest BCUT2D eigenvalue weighted by molar-refractivity contribution is -0.121. The van der Waals surface area contributed by atoms with E-state index in [0.717, 1.165) is 27.1 Å². The monoisotopic (exact) mass is 445 g/mol. The lowest BCUT2D eigenvalue weighted by Crippen LogP contribution is -2.46. The Morgan fingerprint density at radius 1 is 1.10 bits per heavy atom. The van der Waals surface area contributed by atoms with Crippen LogP contribution in [0.3, 0.4) is 0 Å². The summed E-state index contributed by atoms with van der Waals surface area (Å²) in [4.78, 5) is 31.3. The number of fused-ring (bicyclic) bond motifs is 1. The van der Waals surface area contributed by atoms with Crippen LogP contribution in [0.1, 0.15) is 18.2 Å². The third-order valence-electron chi connectivity index (χ3n) is 5.06. The highest BCUT2D eigenvalue weighted by molar-refractivity contribution is 8.00. The van der Waals surface area contributed by atoms with Gasteiger partial charge in [0.05, 0.1) is 11.2 Å². The van der Waals surface area contributed by atoms with Gasteiger partial charge in [0, 0.05) is 22.4 Å². The molecular formula is C22H18F3N3O2S. The fraction of sp³-hybridized carbons (Fsp3) is 0.227. The van der Waals surface area contributed by atoms with Crippen LogP contribution < -0.4 is 10.2 Å². The number of imide groups is 1. The second kappa shape index (κ2) is 7.56. The Labute approximate surface area is 180 Å². The average molecular weight is 445 g/mol. The van der Waals surface area contributed by atoms with E-state index in [1.54, 1.807) is 6.92 Å². The van der Waals surface area contributed by atoms with Crippen molar-refractivity contribution in [1.82, 2.24) is 10.3 Å². The molecule has 0 bridgehead atoms. The number of thioether (sulfide) groups is 1. The van der Waals surface area contributed by atoms with Crippen LogP contribution in [-0.2, 0) is 11.2 Å². The highest BCUT2D eigenvalue weighted by Gasteiger charge is 2.48. The summed E-state index contributed by atoms with van der Waals surface area (Å²) in [5.41, 5.74) is -2.93. The van der Waals surface area contributed by atoms with Crippen molar-refractivity contribution in [1.29, 1.82) is 0 Å². The average Bonchev–Trinajstić information content (AvgIpc) is 2.89. The van der Waals surface area contributed by atoms with Gasteiger partial charge in [0.25, 0.3) is 5.91 Å². The first-order valence-electron chi connectivity index (χ1n) is 9.43. The van der Waals surface area contributed by atoms with Gasteiger partial charge in [-0.15, -0.1) is 0 Å². The van der Waals surface area contributed by atoms with E-state index in [4.69, 9.17) is 0 Å². The van der Waals surface area contributed by atoms with Crippen molar-refractivity contribution in [2.45, 2.75) is 36.2 Å². The fourth-order valence-electron chi connectivity index (χ4n) is 3.76. The van der Waals surface area contributed by atoms with Crippen molar-refractivity contribution in [3.05, 3.63) is 65.9 Å². The number of hydrogen-bond acceptors (Lipinski definition) is 4. The Balaban J connectivity index is 1.62. The van der Waals surface area contributed by atoms with Crippen molar-refractivity contribution in [2.75, 3.05) is 4.90 Å². The molecule has 1 aromatic heterocycles. The van der Waals surface area contributed by atoms with E-state index in [2.05, 4.69) is 10.3 Å². The molecule has 5 nitrogen and oxygen atoms in total. The topological polar surface area (TPSA) is 62.3 Å². The molecule has 1 N–H and O–H groups in total. The smallest absolute Gasteiger partial charge is 0.323 e. The number of anilines is 1. The van der Waals surface area contributed by atoms with Crippen LogP contribution in [0.25, 0.3) is 10.9 Å². The minimum atomic E-state index is -4.41. The van der Waals surface area contributed by atoms with Gasteiger partial charge in [0.2, 0.25) is 0 Å². The summed E-state index contributed by atoms with van der Waals surface area (Å²) in [6.45, 7) is 3.51. The van der Waals surface area contributed by atoms with Crippen LogP contribution in [0.15, 0.2) is 59.5 Å². The number of rotatable bonds is 4. The molecule has 2 heterocycles. The molecule has 1 saturated heterocycles. The molecule has 1 fully saturated rings. The lowest BCUT2D eigenvalue weighted by Gasteiger charge is -2.23. The van der Waals surface area contributed by atoms with E-state index in [9.17, 15) is 22.8 Å². The number of nitrogens with zero attached hydrogens (tertiary/aromatic N) is 2. The Morgan fingerprint density at radius 2 is 1.77 bits per heavy atom. The van der Waals surface area contributed by atoms with Crippen molar-refractivity contribution < 1.29 is 22.8 Å². The first-order valence-corrected chi connectivity index (χ1v) is 10.3. The number of halogens is 3. The summed E-state index contributed by atoms with van der Waals surface area (Å²) >= 11 is -0.252. The summed E-state index contributed by atoms with van der Waals surface area (Å²) in [5.74, 6) is -0.465. The largest absolute Gasteiger partial charge is 0.446 e. The van der Waals surface area contributed by atoms with Gasteiger partial charge < -0.3 is 5.32 Å². The number of alkyl halides is 3.